The fourth-order valence-electron chi connectivity index (χ4n) is 4.30. The predicted octanol–water partition coefficient (Wildman–Crippen LogP) is 4.45. The molecule has 0 saturated heterocycles. The number of aliphatic carboxylic acids is 1. The molecule has 7 heteroatoms. The lowest BCUT2D eigenvalue weighted by Crippen LogP contribution is -2.44. The van der Waals surface area contributed by atoms with E-state index >= 15 is 0 Å². The van der Waals surface area contributed by atoms with Crippen LogP contribution in [0.15, 0.2) is 48.5 Å². The summed E-state index contributed by atoms with van der Waals surface area (Å²) in [6.07, 6.45) is 2.08. The highest BCUT2D eigenvalue weighted by molar-refractivity contribution is 5.84. The topological polar surface area (TPSA) is 105 Å². The maximum Gasteiger partial charge on any atom is 0.407 e. The van der Waals surface area contributed by atoms with Crippen LogP contribution in [0.2, 0.25) is 0 Å². The molecule has 0 aromatic heterocycles. The molecule has 0 radical (unpaired) electrons. The van der Waals surface area contributed by atoms with E-state index in [1.807, 2.05) is 31.2 Å². The minimum Gasteiger partial charge on any atom is -0.480 e. The Hall–Kier alpha value is -3.35. The van der Waals surface area contributed by atoms with Gasteiger partial charge in [-0.1, -0.05) is 75.2 Å². The van der Waals surface area contributed by atoms with Gasteiger partial charge in [0.1, 0.15) is 12.6 Å². The summed E-state index contributed by atoms with van der Waals surface area (Å²) in [5.41, 5.74) is 4.58. The zero-order chi connectivity index (χ0) is 23.8. The average Bonchev–Trinajstić information content (AvgIpc) is 3.13. The summed E-state index contributed by atoms with van der Waals surface area (Å²) in [7, 11) is 0. The molecule has 2 atom stereocenters. The van der Waals surface area contributed by atoms with Crippen LogP contribution >= 0.6 is 0 Å². The first-order chi connectivity index (χ1) is 15.9. The molecule has 7 nitrogen and oxygen atoms in total. The number of unbranched alkanes of at least 4 members (excludes halogenated alkanes) is 1. The molecule has 0 spiro atoms. The van der Waals surface area contributed by atoms with E-state index in [1.54, 1.807) is 6.92 Å². The maximum absolute atomic E-state index is 12.6. The molecule has 176 valence electrons. The number of carboxylic acid groups (broad SMARTS) is 1. The van der Waals surface area contributed by atoms with Gasteiger partial charge in [0, 0.05) is 18.4 Å². The van der Waals surface area contributed by atoms with Gasteiger partial charge in [-0.25, -0.2) is 9.59 Å². The Morgan fingerprint density at radius 1 is 0.970 bits per heavy atom. The van der Waals surface area contributed by atoms with E-state index in [9.17, 15) is 14.4 Å². The van der Waals surface area contributed by atoms with E-state index in [2.05, 4.69) is 34.9 Å². The second kappa shape index (κ2) is 11.5. The van der Waals surface area contributed by atoms with Crippen molar-refractivity contribution in [2.45, 2.75) is 64.0 Å². The van der Waals surface area contributed by atoms with Crippen molar-refractivity contribution in [2.24, 2.45) is 0 Å². The minimum atomic E-state index is -1.07. The van der Waals surface area contributed by atoms with Crippen molar-refractivity contribution < 1.29 is 24.2 Å². The van der Waals surface area contributed by atoms with E-state index in [1.165, 1.54) is 0 Å². The van der Waals surface area contributed by atoms with E-state index in [0.29, 0.717) is 12.8 Å². The molecular weight excluding hydrogens is 420 g/mol. The number of fused-ring (bicyclic) bond motifs is 3. The highest BCUT2D eigenvalue weighted by Gasteiger charge is 2.29. The summed E-state index contributed by atoms with van der Waals surface area (Å²) in [6, 6.07) is 14.9. The number of hydrogen-bond donors (Lipinski definition) is 3. The summed E-state index contributed by atoms with van der Waals surface area (Å²) in [5, 5.41) is 14.5. The van der Waals surface area contributed by atoms with Crippen LogP contribution in [0.4, 0.5) is 4.79 Å². The molecule has 33 heavy (non-hydrogen) atoms. The van der Waals surface area contributed by atoms with Crippen molar-refractivity contribution in [3.8, 4) is 11.1 Å². The number of nitrogens with one attached hydrogen (secondary N) is 2. The summed E-state index contributed by atoms with van der Waals surface area (Å²) in [5.74, 6) is -1.51. The van der Waals surface area contributed by atoms with Crippen molar-refractivity contribution in [1.82, 2.24) is 10.6 Å². The molecule has 0 fully saturated rings. The molecule has 3 N–H and O–H groups in total. The molecule has 0 saturated carbocycles. The lowest BCUT2D eigenvalue weighted by atomic mass is 9.98. The normalized spacial score (nSPS) is 14.0. The van der Waals surface area contributed by atoms with Crippen LogP contribution < -0.4 is 10.6 Å². The van der Waals surface area contributed by atoms with Crippen LogP contribution in [0.25, 0.3) is 11.1 Å². The molecule has 1 unspecified atom stereocenters. The Balaban J connectivity index is 1.60. The zero-order valence-corrected chi connectivity index (χ0v) is 19.2. The van der Waals surface area contributed by atoms with Gasteiger partial charge < -0.3 is 20.5 Å². The zero-order valence-electron chi connectivity index (χ0n) is 19.2. The van der Waals surface area contributed by atoms with Crippen molar-refractivity contribution >= 4 is 18.0 Å². The van der Waals surface area contributed by atoms with Crippen molar-refractivity contribution in [2.75, 3.05) is 6.61 Å². The van der Waals surface area contributed by atoms with Crippen LogP contribution in [0.5, 0.6) is 0 Å². The van der Waals surface area contributed by atoms with Crippen LogP contribution in [0.1, 0.15) is 63.0 Å². The molecule has 3 rings (SSSR count). The van der Waals surface area contributed by atoms with Gasteiger partial charge in [0.15, 0.2) is 0 Å². The van der Waals surface area contributed by atoms with E-state index in [4.69, 9.17) is 9.84 Å². The summed E-state index contributed by atoms with van der Waals surface area (Å²) in [6.45, 7) is 3.92. The highest BCUT2D eigenvalue weighted by Crippen LogP contribution is 2.44. The monoisotopic (exact) mass is 452 g/mol. The molecule has 2 aromatic carbocycles. The van der Waals surface area contributed by atoms with Gasteiger partial charge in [-0.05, 0) is 35.1 Å². The Kier molecular flexibility index (Phi) is 8.46. The SMILES string of the molecule is CCCC[C@H](CC(=O)NC(CC)C(=O)O)NC(=O)OCC1c2ccccc2-c2ccccc21. The number of alkyl carbamates (subject to hydrolysis) is 1. The molecule has 2 amide bonds. The smallest absolute Gasteiger partial charge is 0.407 e. The second-order valence-corrected chi connectivity index (χ2v) is 8.38. The number of carbonyl (C=O) groups excluding carboxylic acids is 2. The number of amides is 2. The molecule has 0 heterocycles. The summed E-state index contributed by atoms with van der Waals surface area (Å²) >= 11 is 0. The molecule has 1 aliphatic rings. The third-order valence-electron chi connectivity index (χ3n) is 6.05. The van der Waals surface area contributed by atoms with E-state index in [-0.39, 0.29) is 18.9 Å². The number of benzene rings is 2. The van der Waals surface area contributed by atoms with Crippen molar-refractivity contribution in [3.63, 3.8) is 0 Å². The van der Waals surface area contributed by atoms with Gasteiger partial charge in [-0.2, -0.15) is 0 Å². The largest absolute Gasteiger partial charge is 0.480 e. The van der Waals surface area contributed by atoms with Gasteiger partial charge in [-0.15, -0.1) is 0 Å². The fourth-order valence-corrected chi connectivity index (χ4v) is 4.30. The van der Waals surface area contributed by atoms with Crippen LogP contribution in [-0.4, -0.2) is 41.8 Å². The van der Waals surface area contributed by atoms with Crippen molar-refractivity contribution in [1.29, 1.82) is 0 Å². The summed E-state index contributed by atoms with van der Waals surface area (Å²) in [4.78, 5) is 36.1. The van der Waals surface area contributed by atoms with Crippen LogP contribution in [-0.2, 0) is 14.3 Å². The lowest BCUT2D eigenvalue weighted by Gasteiger charge is -2.21. The molecular formula is C26H32N2O5. The standard InChI is InChI=1S/C26H32N2O5/c1-3-5-10-17(15-24(29)28-23(4-2)25(30)31)27-26(32)33-16-22-20-13-8-6-11-18(20)19-12-7-9-14-21(19)22/h6-9,11-14,17,22-23H,3-5,10,15-16H2,1-2H3,(H,27,32)(H,28,29)(H,30,31)/t17-,23?/m1/s1. The number of rotatable bonds is 11. The number of ether oxygens (including phenoxy) is 1. The first-order valence-corrected chi connectivity index (χ1v) is 11.6. The quantitative estimate of drug-likeness (QED) is 0.467. The number of carbonyl (C=O) groups is 3. The fraction of sp³-hybridized carbons (Fsp3) is 0.423. The third-order valence-corrected chi connectivity index (χ3v) is 6.05. The molecule has 0 aliphatic heterocycles. The third kappa shape index (κ3) is 6.12. The van der Waals surface area contributed by atoms with Crippen molar-refractivity contribution in [3.05, 3.63) is 59.7 Å². The predicted molar refractivity (Wildman–Crippen MR) is 126 cm³/mol. The van der Waals surface area contributed by atoms with Gasteiger partial charge >= 0.3 is 12.1 Å². The Bertz CT molecular complexity index is 945. The van der Waals surface area contributed by atoms with Gasteiger partial charge in [0.05, 0.1) is 0 Å². The first kappa shape index (κ1) is 24.3. The van der Waals surface area contributed by atoms with Crippen LogP contribution in [0.3, 0.4) is 0 Å². The molecule has 2 aromatic rings. The Morgan fingerprint density at radius 2 is 1.58 bits per heavy atom. The highest BCUT2D eigenvalue weighted by atomic mass is 16.5. The first-order valence-electron chi connectivity index (χ1n) is 11.6. The van der Waals surface area contributed by atoms with E-state index in [0.717, 1.165) is 35.1 Å². The maximum atomic E-state index is 12.6. The molecule has 1 aliphatic carbocycles. The number of carboxylic acids is 1. The summed E-state index contributed by atoms with van der Waals surface area (Å²) < 4.78 is 5.60. The van der Waals surface area contributed by atoms with Gasteiger partial charge in [-0.3, -0.25) is 4.79 Å². The van der Waals surface area contributed by atoms with Crippen LogP contribution in [0, 0.1) is 0 Å². The number of hydrogen-bond acceptors (Lipinski definition) is 4. The Labute approximate surface area is 194 Å². The minimum absolute atomic E-state index is 0.00791. The lowest BCUT2D eigenvalue weighted by molar-refractivity contribution is -0.142. The Morgan fingerprint density at radius 3 is 2.12 bits per heavy atom. The average molecular weight is 453 g/mol. The van der Waals surface area contributed by atoms with Gasteiger partial charge in [0.2, 0.25) is 5.91 Å². The van der Waals surface area contributed by atoms with Gasteiger partial charge in [0.25, 0.3) is 0 Å². The second-order valence-electron chi connectivity index (χ2n) is 8.38. The molecule has 0 bridgehead atoms. The van der Waals surface area contributed by atoms with E-state index < -0.39 is 30.1 Å².